The van der Waals surface area contributed by atoms with Gasteiger partial charge in [-0.1, -0.05) is 24.3 Å². The normalized spacial score (nSPS) is 24.1. The molecule has 1 aromatic carbocycles. The second kappa shape index (κ2) is 3.31. The van der Waals surface area contributed by atoms with Crippen LogP contribution < -0.4 is 5.73 Å². The van der Waals surface area contributed by atoms with Crippen molar-refractivity contribution in [1.82, 2.24) is 0 Å². The van der Waals surface area contributed by atoms with Gasteiger partial charge in [0, 0.05) is 11.0 Å². The molecule has 0 amide bonds. The molecular formula is C14H19NO. The maximum atomic E-state index is 9.52. The number of aliphatic hydroxyl groups is 1. The Bertz CT molecular complexity index is 405. The van der Waals surface area contributed by atoms with E-state index >= 15 is 0 Å². The molecule has 2 fully saturated rings. The van der Waals surface area contributed by atoms with Crippen molar-refractivity contribution < 1.29 is 5.11 Å². The first-order valence-corrected chi connectivity index (χ1v) is 6.16. The smallest absolute Gasteiger partial charge is 0.0528 e. The predicted molar refractivity (Wildman–Crippen MR) is 64.3 cm³/mol. The zero-order chi connectivity index (χ0) is 11.2. The summed E-state index contributed by atoms with van der Waals surface area (Å²) >= 11 is 0. The van der Waals surface area contributed by atoms with Crippen LogP contribution in [0.3, 0.4) is 0 Å². The maximum Gasteiger partial charge on any atom is 0.0528 e. The summed E-state index contributed by atoms with van der Waals surface area (Å²) < 4.78 is 0. The van der Waals surface area contributed by atoms with Gasteiger partial charge in [-0.15, -0.1) is 0 Å². The topological polar surface area (TPSA) is 46.2 Å². The molecule has 2 nitrogen and oxygen atoms in total. The molecule has 2 aliphatic rings. The fourth-order valence-corrected chi connectivity index (χ4v) is 2.57. The summed E-state index contributed by atoms with van der Waals surface area (Å²) in [5.74, 6) is 0. The van der Waals surface area contributed by atoms with Crippen LogP contribution in [0.4, 0.5) is 0 Å². The second-order valence-corrected chi connectivity index (χ2v) is 5.63. The van der Waals surface area contributed by atoms with Crippen molar-refractivity contribution in [3.05, 3.63) is 35.4 Å². The molecule has 86 valence electrons. The van der Waals surface area contributed by atoms with Crippen molar-refractivity contribution in [2.45, 2.75) is 43.1 Å². The minimum absolute atomic E-state index is 0.0572. The van der Waals surface area contributed by atoms with Crippen LogP contribution in [-0.2, 0) is 11.8 Å². The van der Waals surface area contributed by atoms with Crippen LogP contribution in [0.15, 0.2) is 24.3 Å². The summed E-state index contributed by atoms with van der Waals surface area (Å²) in [7, 11) is 0. The third-order valence-electron chi connectivity index (χ3n) is 4.18. The van der Waals surface area contributed by atoms with Crippen molar-refractivity contribution >= 4 is 0 Å². The second-order valence-electron chi connectivity index (χ2n) is 5.63. The van der Waals surface area contributed by atoms with E-state index in [4.69, 9.17) is 5.73 Å². The Morgan fingerprint density at radius 1 is 1.12 bits per heavy atom. The molecule has 16 heavy (non-hydrogen) atoms. The van der Waals surface area contributed by atoms with Crippen LogP contribution in [0.1, 0.15) is 36.8 Å². The minimum Gasteiger partial charge on any atom is -0.395 e. The lowest BCUT2D eigenvalue weighted by Crippen LogP contribution is -2.26. The Balaban J connectivity index is 1.92. The van der Waals surface area contributed by atoms with E-state index in [0.29, 0.717) is 0 Å². The largest absolute Gasteiger partial charge is 0.395 e. The molecule has 0 aromatic heterocycles. The van der Waals surface area contributed by atoms with Crippen molar-refractivity contribution in [3.8, 4) is 0 Å². The van der Waals surface area contributed by atoms with Gasteiger partial charge in [-0.2, -0.15) is 0 Å². The molecule has 0 saturated heterocycles. The van der Waals surface area contributed by atoms with Crippen LogP contribution in [0.25, 0.3) is 0 Å². The van der Waals surface area contributed by atoms with Crippen LogP contribution in [0.2, 0.25) is 0 Å². The SMILES string of the molecule is NC1(Cc2ccccc2C2(CO)CC2)CC1. The fourth-order valence-electron chi connectivity index (χ4n) is 2.57. The maximum absolute atomic E-state index is 9.52. The third kappa shape index (κ3) is 1.66. The molecule has 2 heteroatoms. The summed E-state index contributed by atoms with van der Waals surface area (Å²) in [6.07, 6.45) is 5.52. The van der Waals surface area contributed by atoms with Crippen molar-refractivity contribution in [1.29, 1.82) is 0 Å². The van der Waals surface area contributed by atoms with E-state index in [2.05, 4.69) is 24.3 Å². The third-order valence-corrected chi connectivity index (χ3v) is 4.18. The molecule has 2 aliphatic carbocycles. The van der Waals surface area contributed by atoms with Crippen molar-refractivity contribution in [2.24, 2.45) is 5.73 Å². The first-order chi connectivity index (χ1) is 7.68. The average Bonchev–Trinajstić information content (AvgIpc) is 3.18. The van der Waals surface area contributed by atoms with E-state index in [1.807, 2.05) is 0 Å². The van der Waals surface area contributed by atoms with Crippen molar-refractivity contribution in [3.63, 3.8) is 0 Å². The quantitative estimate of drug-likeness (QED) is 0.807. The molecule has 3 rings (SSSR count). The molecule has 0 bridgehead atoms. The lowest BCUT2D eigenvalue weighted by Gasteiger charge is -2.19. The number of hydrogen-bond donors (Lipinski definition) is 2. The Kier molecular flexibility index (Phi) is 2.13. The molecule has 2 saturated carbocycles. The van der Waals surface area contributed by atoms with E-state index in [0.717, 1.165) is 32.1 Å². The molecule has 0 heterocycles. The number of nitrogens with two attached hydrogens (primary N) is 1. The molecule has 0 radical (unpaired) electrons. The summed E-state index contributed by atoms with van der Waals surface area (Å²) in [5, 5.41) is 9.52. The summed E-state index contributed by atoms with van der Waals surface area (Å²) in [6.45, 7) is 0.279. The van der Waals surface area contributed by atoms with Crippen LogP contribution in [0, 0.1) is 0 Å². The minimum atomic E-state index is 0.0572. The lowest BCUT2D eigenvalue weighted by molar-refractivity contribution is 0.254. The molecule has 0 spiro atoms. The van der Waals surface area contributed by atoms with Gasteiger partial charge in [-0.3, -0.25) is 0 Å². The number of aliphatic hydroxyl groups excluding tert-OH is 1. The van der Waals surface area contributed by atoms with Gasteiger partial charge >= 0.3 is 0 Å². The summed E-state index contributed by atoms with van der Waals surface area (Å²) in [5.41, 5.74) is 9.02. The van der Waals surface area contributed by atoms with E-state index in [1.54, 1.807) is 0 Å². The highest BCUT2D eigenvalue weighted by molar-refractivity contribution is 5.40. The van der Waals surface area contributed by atoms with E-state index < -0.39 is 0 Å². The molecule has 0 aliphatic heterocycles. The molecule has 0 atom stereocenters. The Morgan fingerprint density at radius 3 is 2.38 bits per heavy atom. The summed E-state index contributed by atoms with van der Waals surface area (Å²) in [4.78, 5) is 0. The van der Waals surface area contributed by atoms with E-state index in [1.165, 1.54) is 11.1 Å². The monoisotopic (exact) mass is 217 g/mol. The first-order valence-electron chi connectivity index (χ1n) is 6.16. The van der Waals surface area contributed by atoms with Gasteiger partial charge in [0.05, 0.1) is 6.61 Å². The van der Waals surface area contributed by atoms with Crippen LogP contribution in [0.5, 0.6) is 0 Å². The van der Waals surface area contributed by atoms with E-state index in [-0.39, 0.29) is 17.6 Å². The van der Waals surface area contributed by atoms with Gasteiger partial charge in [-0.25, -0.2) is 0 Å². The fraction of sp³-hybridized carbons (Fsp3) is 0.571. The Labute approximate surface area is 96.5 Å². The van der Waals surface area contributed by atoms with Crippen LogP contribution in [-0.4, -0.2) is 17.3 Å². The number of rotatable bonds is 4. The highest BCUT2D eigenvalue weighted by Crippen LogP contribution is 2.50. The summed E-state index contributed by atoms with van der Waals surface area (Å²) in [6, 6.07) is 8.50. The molecule has 1 aromatic rings. The Morgan fingerprint density at radius 2 is 1.81 bits per heavy atom. The average molecular weight is 217 g/mol. The van der Waals surface area contributed by atoms with Gasteiger partial charge in [-0.05, 0) is 43.2 Å². The molecular weight excluding hydrogens is 198 g/mol. The highest BCUT2D eigenvalue weighted by atomic mass is 16.3. The number of hydrogen-bond acceptors (Lipinski definition) is 2. The van der Waals surface area contributed by atoms with Gasteiger partial charge in [0.2, 0.25) is 0 Å². The zero-order valence-corrected chi connectivity index (χ0v) is 9.58. The van der Waals surface area contributed by atoms with Crippen LogP contribution >= 0.6 is 0 Å². The zero-order valence-electron chi connectivity index (χ0n) is 9.58. The van der Waals surface area contributed by atoms with E-state index in [9.17, 15) is 5.11 Å². The van der Waals surface area contributed by atoms with Gasteiger partial charge in [0.25, 0.3) is 0 Å². The Hall–Kier alpha value is -0.860. The molecule has 0 unspecified atom stereocenters. The van der Waals surface area contributed by atoms with Gasteiger partial charge in [0.1, 0.15) is 0 Å². The highest BCUT2D eigenvalue weighted by Gasteiger charge is 2.46. The predicted octanol–water partition coefficient (Wildman–Crippen LogP) is 1.74. The van der Waals surface area contributed by atoms with Gasteiger partial charge < -0.3 is 10.8 Å². The van der Waals surface area contributed by atoms with Crippen molar-refractivity contribution in [2.75, 3.05) is 6.61 Å². The standard InChI is InChI=1S/C14H19NO/c15-14(7-8-14)9-11-3-1-2-4-12(11)13(10-16)5-6-13/h1-4,16H,5-10,15H2. The first kappa shape index (κ1) is 10.3. The molecule has 3 N–H and O–H groups in total. The van der Waals surface area contributed by atoms with Gasteiger partial charge in [0.15, 0.2) is 0 Å². The number of benzene rings is 1. The lowest BCUT2D eigenvalue weighted by atomic mass is 9.89.